The van der Waals surface area contributed by atoms with Crippen molar-refractivity contribution in [1.82, 2.24) is 0 Å². The molecule has 2 aromatic carbocycles. The number of hydrogen-bond donors (Lipinski definition) is 1. The van der Waals surface area contributed by atoms with Gasteiger partial charge in [0.05, 0.1) is 17.2 Å². The Morgan fingerprint density at radius 3 is 2.50 bits per heavy atom. The van der Waals surface area contributed by atoms with Crippen LogP contribution in [0.15, 0.2) is 47.4 Å². The normalized spacial score (nSPS) is 20.6. The minimum atomic E-state index is -3.70. The number of aliphatic hydroxyl groups is 1. The molecule has 2 atom stereocenters. The molecule has 2 aromatic rings. The third kappa shape index (κ3) is 4.65. The second-order valence-corrected chi connectivity index (χ2v) is 10.6. The van der Waals surface area contributed by atoms with Crippen molar-refractivity contribution in [3.8, 4) is 5.75 Å². The number of aryl methyl sites for hydroxylation is 2. The molecular formula is C25H33NO5S. The van der Waals surface area contributed by atoms with Crippen molar-refractivity contribution in [2.75, 3.05) is 24.1 Å². The molecular weight excluding hydrogens is 426 g/mol. The summed E-state index contributed by atoms with van der Waals surface area (Å²) in [5, 5.41) is 9.78. The van der Waals surface area contributed by atoms with Crippen LogP contribution < -0.4 is 9.04 Å². The van der Waals surface area contributed by atoms with Gasteiger partial charge in [-0.3, -0.25) is 4.31 Å². The van der Waals surface area contributed by atoms with Crippen LogP contribution in [0.25, 0.3) is 0 Å². The SMILES string of the molecule is CCc1ccc2c(c1)CC[C@@H](C)N2S(=O)(=O)c1ccc(O[C@@H](CO)C2CCOCC2)cc1. The molecule has 2 aliphatic rings. The first-order chi connectivity index (χ1) is 15.4. The molecule has 174 valence electrons. The fraction of sp³-hybridized carbons (Fsp3) is 0.520. The van der Waals surface area contributed by atoms with E-state index in [9.17, 15) is 13.5 Å². The first kappa shape index (κ1) is 23.1. The average molecular weight is 460 g/mol. The zero-order valence-electron chi connectivity index (χ0n) is 18.9. The van der Waals surface area contributed by atoms with Crippen molar-refractivity contribution in [1.29, 1.82) is 0 Å². The van der Waals surface area contributed by atoms with Crippen LogP contribution in [0.4, 0.5) is 5.69 Å². The molecule has 0 spiro atoms. The van der Waals surface area contributed by atoms with Crippen molar-refractivity contribution < 1.29 is 23.0 Å². The smallest absolute Gasteiger partial charge is 0.264 e. The summed E-state index contributed by atoms with van der Waals surface area (Å²) >= 11 is 0. The van der Waals surface area contributed by atoms with Crippen LogP contribution in [0.1, 0.15) is 44.2 Å². The zero-order valence-corrected chi connectivity index (χ0v) is 19.7. The van der Waals surface area contributed by atoms with E-state index in [1.54, 1.807) is 28.6 Å². The molecule has 0 radical (unpaired) electrons. The predicted molar refractivity (Wildman–Crippen MR) is 125 cm³/mol. The van der Waals surface area contributed by atoms with E-state index in [4.69, 9.17) is 9.47 Å². The van der Waals surface area contributed by atoms with E-state index in [2.05, 4.69) is 13.0 Å². The lowest BCUT2D eigenvalue weighted by Gasteiger charge is -2.36. The summed E-state index contributed by atoms with van der Waals surface area (Å²) in [5.74, 6) is 0.796. The summed E-state index contributed by atoms with van der Waals surface area (Å²) in [5.41, 5.74) is 3.09. The third-order valence-corrected chi connectivity index (χ3v) is 8.60. The standard InChI is InChI=1S/C25H33NO5S/c1-3-19-5-11-24-21(16-19)6-4-18(2)26(24)32(28,29)23-9-7-22(8-10-23)31-25(17-27)20-12-14-30-15-13-20/h5,7-11,16,18,20,25,27H,3-4,6,12-15,17H2,1-2H3/t18-,25+/m1/s1. The van der Waals surface area contributed by atoms with Gasteiger partial charge >= 0.3 is 0 Å². The van der Waals surface area contributed by atoms with Crippen LogP contribution in [-0.4, -0.2) is 45.5 Å². The highest BCUT2D eigenvalue weighted by molar-refractivity contribution is 7.92. The fourth-order valence-electron chi connectivity index (χ4n) is 4.71. The van der Waals surface area contributed by atoms with Gasteiger partial charge in [-0.1, -0.05) is 19.1 Å². The molecule has 2 aliphatic heterocycles. The number of ether oxygens (including phenoxy) is 2. The summed E-state index contributed by atoms with van der Waals surface area (Å²) in [4.78, 5) is 0.246. The van der Waals surface area contributed by atoms with Gasteiger partial charge < -0.3 is 14.6 Å². The maximum absolute atomic E-state index is 13.6. The average Bonchev–Trinajstić information content (AvgIpc) is 2.82. The topological polar surface area (TPSA) is 76.1 Å². The molecule has 1 N–H and O–H groups in total. The molecule has 0 unspecified atom stereocenters. The molecule has 0 amide bonds. The number of sulfonamides is 1. The van der Waals surface area contributed by atoms with Crippen LogP contribution in [-0.2, 0) is 27.6 Å². The quantitative estimate of drug-likeness (QED) is 0.679. The minimum Gasteiger partial charge on any atom is -0.488 e. The highest BCUT2D eigenvalue weighted by Crippen LogP contribution is 2.36. The summed E-state index contributed by atoms with van der Waals surface area (Å²) in [6.07, 6.45) is 4.00. The van der Waals surface area contributed by atoms with Gasteiger partial charge in [-0.25, -0.2) is 8.42 Å². The molecule has 4 rings (SSSR count). The second-order valence-electron chi connectivity index (χ2n) is 8.77. The minimum absolute atomic E-state index is 0.0768. The van der Waals surface area contributed by atoms with Crippen molar-refractivity contribution in [2.45, 2.75) is 63.0 Å². The van der Waals surface area contributed by atoms with Gasteiger partial charge in [0.15, 0.2) is 0 Å². The first-order valence-electron chi connectivity index (χ1n) is 11.6. The van der Waals surface area contributed by atoms with Crippen molar-refractivity contribution in [3.63, 3.8) is 0 Å². The Balaban J connectivity index is 1.56. The molecule has 7 heteroatoms. The van der Waals surface area contributed by atoms with E-state index < -0.39 is 10.0 Å². The lowest BCUT2D eigenvalue weighted by Crippen LogP contribution is -2.42. The van der Waals surface area contributed by atoms with Gasteiger partial charge in [0.25, 0.3) is 10.0 Å². The lowest BCUT2D eigenvalue weighted by atomic mass is 9.94. The Morgan fingerprint density at radius 2 is 1.84 bits per heavy atom. The number of aliphatic hydroxyl groups excluding tert-OH is 1. The maximum Gasteiger partial charge on any atom is 0.264 e. The Hall–Kier alpha value is -2.09. The molecule has 32 heavy (non-hydrogen) atoms. The van der Waals surface area contributed by atoms with E-state index in [0.29, 0.717) is 19.0 Å². The molecule has 0 aromatic heterocycles. The van der Waals surface area contributed by atoms with Gasteiger partial charge in [-0.2, -0.15) is 0 Å². The maximum atomic E-state index is 13.6. The summed E-state index contributed by atoms with van der Waals surface area (Å²) in [6.45, 7) is 5.35. The van der Waals surface area contributed by atoms with Gasteiger partial charge in [0.2, 0.25) is 0 Å². The van der Waals surface area contributed by atoms with Crippen LogP contribution in [0.3, 0.4) is 0 Å². The number of benzene rings is 2. The van der Waals surface area contributed by atoms with Crippen LogP contribution >= 0.6 is 0 Å². The van der Waals surface area contributed by atoms with Crippen molar-refractivity contribution in [3.05, 3.63) is 53.6 Å². The Kier molecular flexibility index (Phi) is 7.08. The second kappa shape index (κ2) is 9.81. The lowest BCUT2D eigenvalue weighted by molar-refractivity contribution is -0.00307. The van der Waals surface area contributed by atoms with Crippen molar-refractivity contribution in [2.24, 2.45) is 5.92 Å². The third-order valence-electron chi connectivity index (χ3n) is 6.66. The van der Waals surface area contributed by atoms with Gasteiger partial charge in [-0.05, 0) is 80.5 Å². The highest BCUT2D eigenvalue weighted by Gasteiger charge is 2.34. The summed E-state index contributed by atoms with van der Waals surface area (Å²) in [7, 11) is -3.70. The molecule has 1 saturated heterocycles. The van der Waals surface area contributed by atoms with E-state index in [1.807, 2.05) is 19.1 Å². The Morgan fingerprint density at radius 1 is 1.12 bits per heavy atom. The Bertz CT molecular complexity index is 1020. The summed E-state index contributed by atoms with van der Waals surface area (Å²) < 4.78 is 40.1. The van der Waals surface area contributed by atoms with E-state index in [1.165, 1.54) is 5.56 Å². The molecule has 0 aliphatic carbocycles. The molecule has 0 saturated carbocycles. The Labute approximate surface area is 191 Å². The van der Waals surface area contributed by atoms with Gasteiger partial charge in [-0.15, -0.1) is 0 Å². The zero-order chi connectivity index (χ0) is 22.7. The van der Waals surface area contributed by atoms with Crippen molar-refractivity contribution >= 4 is 15.7 Å². The van der Waals surface area contributed by atoms with E-state index in [0.717, 1.165) is 43.4 Å². The predicted octanol–water partition coefficient (Wildman–Crippen LogP) is 3.95. The largest absolute Gasteiger partial charge is 0.488 e. The highest BCUT2D eigenvalue weighted by atomic mass is 32.2. The number of nitrogens with zero attached hydrogens (tertiary/aromatic N) is 1. The molecule has 0 bridgehead atoms. The van der Waals surface area contributed by atoms with Gasteiger partial charge in [0.1, 0.15) is 11.9 Å². The molecule has 2 heterocycles. The summed E-state index contributed by atoms with van der Waals surface area (Å²) in [6, 6.07) is 12.6. The van der Waals surface area contributed by atoms with E-state index in [-0.39, 0.29) is 29.6 Å². The number of fused-ring (bicyclic) bond motifs is 1. The molecule has 1 fully saturated rings. The number of hydrogen-bond acceptors (Lipinski definition) is 5. The fourth-order valence-corrected chi connectivity index (χ4v) is 6.43. The van der Waals surface area contributed by atoms with Crippen LogP contribution in [0.5, 0.6) is 5.75 Å². The van der Waals surface area contributed by atoms with Crippen LogP contribution in [0.2, 0.25) is 0 Å². The van der Waals surface area contributed by atoms with Crippen LogP contribution in [0, 0.1) is 5.92 Å². The number of rotatable bonds is 7. The monoisotopic (exact) mass is 459 g/mol. The van der Waals surface area contributed by atoms with Gasteiger partial charge in [0, 0.05) is 25.2 Å². The molecule has 6 nitrogen and oxygen atoms in total. The first-order valence-corrected chi connectivity index (χ1v) is 13.0. The van der Waals surface area contributed by atoms with E-state index >= 15 is 0 Å². The number of anilines is 1.